The second-order valence-corrected chi connectivity index (χ2v) is 2.19. The molecule has 0 aliphatic heterocycles. The van der Waals surface area contributed by atoms with Gasteiger partial charge in [-0.3, -0.25) is 0 Å². The topological polar surface area (TPSA) is 26.0 Å². The first-order valence-corrected chi connectivity index (χ1v) is 3.77. The standard InChI is InChI=1S/C8H17N/c1-2-3-4-5-6-7-8-9/h4-5H,2-3,6-9H2,1H3/b5-4-. The highest BCUT2D eigenvalue weighted by Crippen LogP contribution is 1.92. The van der Waals surface area contributed by atoms with Crippen LogP contribution in [-0.4, -0.2) is 6.54 Å². The van der Waals surface area contributed by atoms with Crippen LogP contribution in [0, 0.1) is 0 Å². The lowest BCUT2D eigenvalue weighted by molar-refractivity contribution is 0.847. The van der Waals surface area contributed by atoms with Crippen molar-refractivity contribution in [1.82, 2.24) is 0 Å². The van der Waals surface area contributed by atoms with Gasteiger partial charge in [0.25, 0.3) is 0 Å². The van der Waals surface area contributed by atoms with Gasteiger partial charge in [0.2, 0.25) is 0 Å². The number of rotatable bonds is 5. The molecule has 0 heterocycles. The highest BCUT2D eigenvalue weighted by atomic mass is 14.5. The molecule has 0 spiro atoms. The van der Waals surface area contributed by atoms with E-state index in [0.717, 1.165) is 19.4 Å². The van der Waals surface area contributed by atoms with Gasteiger partial charge in [-0.1, -0.05) is 25.5 Å². The van der Waals surface area contributed by atoms with Gasteiger partial charge < -0.3 is 5.73 Å². The summed E-state index contributed by atoms with van der Waals surface area (Å²) in [4.78, 5) is 0. The van der Waals surface area contributed by atoms with Crippen LogP contribution in [0.15, 0.2) is 12.2 Å². The van der Waals surface area contributed by atoms with Gasteiger partial charge in [-0.25, -0.2) is 0 Å². The average molecular weight is 127 g/mol. The van der Waals surface area contributed by atoms with E-state index in [2.05, 4.69) is 19.1 Å². The zero-order chi connectivity index (χ0) is 6.95. The third-order valence-corrected chi connectivity index (χ3v) is 1.20. The van der Waals surface area contributed by atoms with E-state index in [0.29, 0.717) is 0 Å². The molecule has 0 saturated carbocycles. The van der Waals surface area contributed by atoms with E-state index in [-0.39, 0.29) is 0 Å². The number of allylic oxidation sites excluding steroid dienone is 2. The first-order valence-electron chi connectivity index (χ1n) is 3.77. The molecule has 0 amide bonds. The van der Waals surface area contributed by atoms with E-state index in [1.807, 2.05) is 0 Å². The molecule has 0 bridgehead atoms. The summed E-state index contributed by atoms with van der Waals surface area (Å²) in [5, 5.41) is 0. The summed E-state index contributed by atoms with van der Waals surface area (Å²) in [7, 11) is 0. The molecule has 9 heavy (non-hydrogen) atoms. The maximum atomic E-state index is 5.31. The fraction of sp³-hybridized carbons (Fsp3) is 0.750. The van der Waals surface area contributed by atoms with Crippen LogP contribution in [0.4, 0.5) is 0 Å². The summed E-state index contributed by atoms with van der Waals surface area (Å²) in [6.07, 6.45) is 9.19. The molecule has 54 valence electrons. The van der Waals surface area contributed by atoms with Crippen LogP contribution in [-0.2, 0) is 0 Å². The lowest BCUT2D eigenvalue weighted by atomic mass is 10.2. The second kappa shape index (κ2) is 7.70. The Bertz CT molecular complexity index is 67.0. The van der Waals surface area contributed by atoms with Crippen LogP contribution in [0.5, 0.6) is 0 Å². The Labute approximate surface area is 57.9 Å². The van der Waals surface area contributed by atoms with Crippen LogP contribution in [0.3, 0.4) is 0 Å². The molecule has 0 rings (SSSR count). The van der Waals surface area contributed by atoms with Gasteiger partial charge in [-0.15, -0.1) is 0 Å². The van der Waals surface area contributed by atoms with E-state index in [4.69, 9.17) is 5.73 Å². The largest absolute Gasteiger partial charge is 0.330 e. The predicted octanol–water partition coefficient (Wildman–Crippen LogP) is 2.08. The molecular formula is C8H17N. The third kappa shape index (κ3) is 7.70. The third-order valence-electron chi connectivity index (χ3n) is 1.20. The van der Waals surface area contributed by atoms with Gasteiger partial charge in [0.05, 0.1) is 0 Å². The highest BCUT2D eigenvalue weighted by molar-refractivity contribution is 4.80. The van der Waals surface area contributed by atoms with Gasteiger partial charge in [-0.2, -0.15) is 0 Å². The zero-order valence-corrected chi connectivity index (χ0v) is 6.27. The minimum Gasteiger partial charge on any atom is -0.330 e. The van der Waals surface area contributed by atoms with Gasteiger partial charge in [0.15, 0.2) is 0 Å². The van der Waals surface area contributed by atoms with Crippen LogP contribution < -0.4 is 5.73 Å². The van der Waals surface area contributed by atoms with Crippen molar-refractivity contribution in [1.29, 1.82) is 0 Å². The molecule has 0 fully saturated rings. The Morgan fingerprint density at radius 1 is 1.22 bits per heavy atom. The number of nitrogens with two attached hydrogens (primary N) is 1. The average Bonchev–Trinajstić information content (AvgIpc) is 1.89. The minimum absolute atomic E-state index is 0.816. The molecular weight excluding hydrogens is 110 g/mol. The second-order valence-electron chi connectivity index (χ2n) is 2.19. The molecule has 1 nitrogen and oxygen atoms in total. The van der Waals surface area contributed by atoms with Crippen molar-refractivity contribution in [2.24, 2.45) is 5.73 Å². The molecule has 0 saturated heterocycles. The molecule has 0 aliphatic rings. The first-order chi connectivity index (χ1) is 4.41. The number of unbranched alkanes of at least 4 members (excludes halogenated alkanes) is 2. The maximum absolute atomic E-state index is 5.31. The fourth-order valence-electron chi connectivity index (χ4n) is 0.638. The summed E-state index contributed by atoms with van der Waals surface area (Å²) in [5.74, 6) is 0. The van der Waals surface area contributed by atoms with Gasteiger partial charge in [-0.05, 0) is 25.8 Å². The zero-order valence-electron chi connectivity index (χ0n) is 6.27. The minimum atomic E-state index is 0.816. The van der Waals surface area contributed by atoms with Crippen molar-refractivity contribution in [3.63, 3.8) is 0 Å². The smallest absolute Gasteiger partial charge is 0.00743 e. The maximum Gasteiger partial charge on any atom is -0.00743 e. The molecule has 0 aromatic heterocycles. The van der Waals surface area contributed by atoms with Crippen LogP contribution in [0.2, 0.25) is 0 Å². The lowest BCUT2D eigenvalue weighted by Crippen LogP contribution is -1.96. The normalized spacial score (nSPS) is 10.9. The van der Waals surface area contributed by atoms with Crippen LogP contribution in [0.25, 0.3) is 0 Å². The summed E-state index contributed by atoms with van der Waals surface area (Å²) < 4.78 is 0. The Hall–Kier alpha value is -0.300. The SMILES string of the molecule is CCC/C=C\CCCN. The van der Waals surface area contributed by atoms with Gasteiger partial charge in [0, 0.05) is 0 Å². The molecule has 2 N–H and O–H groups in total. The van der Waals surface area contributed by atoms with Crippen molar-refractivity contribution >= 4 is 0 Å². The predicted molar refractivity (Wildman–Crippen MR) is 42.3 cm³/mol. The first kappa shape index (κ1) is 8.70. The monoisotopic (exact) mass is 127 g/mol. The van der Waals surface area contributed by atoms with Crippen molar-refractivity contribution in [2.45, 2.75) is 32.6 Å². The Kier molecular flexibility index (Phi) is 7.44. The van der Waals surface area contributed by atoms with Crippen molar-refractivity contribution < 1.29 is 0 Å². The summed E-state index contributed by atoms with van der Waals surface area (Å²) in [6, 6.07) is 0. The van der Waals surface area contributed by atoms with Crippen LogP contribution >= 0.6 is 0 Å². The number of hydrogen-bond donors (Lipinski definition) is 1. The fourth-order valence-corrected chi connectivity index (χ4v) is 0.638. The van der Waals surface area contributed by atoms with E-state index in [1.165, 1.54) is 12.8 Å². The van der Waals surface area contributed by atoms with E-state index in [1.54, 1.807) is 0 Å². The van der Waals surface area contributed by atoms with Crippen molar-refractivity contribution in [3.05, 3.63) is 12.2 Å². The van der Waals surface area contributed by atoms with E-state index >= 15 is 0 Å². The summed E-state index contributed by atoms with van der Waals surface area (Å²) in [6.45, 7) is 3.00. The van der Waals surface area contributed by atoms with Gasteiger partial charge in [0.1, 0.15) is 0 Å². The van der Waals surface area contributed by atoms with Crippen molar-refractivity contribution in [2.75, 3.05) is 6.54 Å². The molecule has 0 radical (unpaired) electrons. The van der Waals surface area contributed by atoms with Crippen LogP contribution in [0.1, 0.15) is 32.6 Å². The summed E-state index contributed by atoms with van der Waals surface area (Å²) in [5.41, 5.74) is 5.31. The quantitative estimate of drug-likeness (QED) is 0.444. The van der Waals surface area contributed by atoms with Crippen molar-refractivity contribution in [3.8, 4) is 0 Å². The molecule has 0 unspecified atom stereocenters. The molecule has 0 aromatic rings. The van der Waals surface area contributed by atoms with Gasteiger partial charge >= 0.3 is 0 Å². The van der Waals surface area contributed by atoms with E-state index in [9.17, 15) is 0 Å². The molecule has 0 atom stereocenters. The Morgan fingerprint density at radius 2 is 1.89 bits per heavy atom. The lowest BCUT2D eigenvalue weighted by Gasteiger charge is -1.87. The molecule has 1 heteroatoms. The Balaban J connectivity index is 2.86. The number of hydrogen-bond acceptors (Lipinski definition) is 1. The molecule has 0 aliphatic carbocycles. The van der Waals surface area contributed by atoms with E-state index < -0.39 is 0 Å². The Morgan fingerprint density at radius 3 is 2.44 bits per heavy atom. The highest BCUT2D eigenvalue weighted by Gasteiger charge is 1.76. The molecule has 0 aromatic carbocycles. The summed E-state index contributed by atoms with van der Waals surface area (Å²) >= 11 is 0.